The first-order valence-electron chi connectivity index (χ1n) is 7.73. The average Bonchev–Trinajstić information content (AvgIpc) is 2.58. The second-order valence-electron chi connectivity index (χ2n) is 6.61. The molecule has 130 valence electrons. The van der Waals surface area contributed by atoms with E-state index >= 15 is 0 Å². The van der Waals surface area contributed by atoms with Gasteiger partial charge in [-0.3, -0.25) is 0 Å². The monoisotopic (exact) mass is 339 g/mol. The van der Waals surface area contributed by atoms with Gasteiger partial charge >= 0.3 is 0 Å². The first kappa shape index (κ1) is 18.2. The molecule has 0 aliphatic carbocycles. The van der Waals surface area contributed by atoms with E-state index in [0.29, 0.717) is 28.4 Å². The number of benzene rings is 1. The van der Waals surface area contributed by atoms with E-state index in [1.54, 1.807) is 18.2 Å². The van der Waals surface area contributed by atoms with Crippen LogP contribution >= 0.6 is 0 Å². The molecule has 1 unspecified atom stereocenters. The Morgan fingerprint density at radius 2 is 1.72 bits per heavy atom. The van der Waals surface area contributed by atoms with Gasteiger partial charge in [0.05, 0.1) is 31.8 Å². The standard InChI is InChI=1S/C19H21N3O3/c1-19(2,3)17-12(9-20)15(13(10-21)18(22)25-17)11-7-6-8-14(23-4)16(11)24-5/h6-8,15H,22H2,1-5H3. The summed E-state index contributed by atoms with van der Waals surface area (Å²) in [6.45, 7) is 5.76. The highest BCUT2D eigenvalue weighted by molar-refractivity contribution is 5.60. The van der Waals surface area contributed by atoms with Crippen molar-refractivity contribution in [2.75, 3.05) is 14.2 Å². The normalized spacial score (nSPS) is 17.5. The summed E-state index contributed by atoms with van der Waals surface area (Å²) in [6, 6.07) is 9.60. The van der Waals surface area contributed by atoms with E-state index in [-0.39, 0.29) is 11.5 Å². The fraction of sp³-hybridized carbons (Fsp3) is 0.368. The lowest BCUT2D eigenvalue weighted by Gasteiger charge is -2.32. The van der Waals surface area contributed by atoms with Crippen molar-refractivity contribution in [3.05, 3.63) is 46.6 Å². The maximum atomic E-state index is 9.81. The Morgan fingerprint density at radius 1 is 1.08 bits per heavy atom. The molecule has 0 bridgehead atoms. The Kier molecular flexibility index (Phi) is 4.94. The molecular formula is C19H21N3O3. The number of hydrogen-bond donors (Lipinski definition) is 1. The summed E-state index contributed by atoms with van der Waals surface area (Å²) in [5, 5.41) is 19.4. The third-order valence-electron chi connectivity index (χ3n) is 3.97. The summed E-state index contributed by atoms with van der Waals surface area (Å²) in [5.74, 6) is 0.737. The maximum Gasteiger partial charge on any atom is 0.205 e. The lowest BCUT2D eigenvalue weighted by molar-refractivity contribution is 0.199. The molecule has 2 rings (SSSR count). The molecule has 6 nitrogen and oxygen atoms in total. The Morgan fingerprint density at radius 3 is 2.20 bits per heavy atom. The van der Waals surface area contributed by atoms with Crippen LogP contribution in [0.3, 0.4) is 0 Å². The van der Waals surface area contributed by atoms with Crippen molar-refractivity contribution >= 4 is 0 Å². The molecular weight excluding hydrogens is 318 g/mol. The quantitative estimate of drug-likeness (QED) is 0.906. The van der Waals surface area contributed by atoms with Crippen LogP contribution < -0.4 is 15.2 Å². The molecule has 1 heterocycles. The fourth-order valence-electron chi connectivity index (χ4n) is 2.88. The van der Waals surface area contributed by atoms with Crippen molar-refractivity contribution in [3.63, 3.8) is 0 Å². The molecule has 1 aliphatic rings. The molecule has 0 saturated carbocycles. The molecule has 0 spiro atoms. The minimum Gasteiger partial charge on any atom is -0.493 e. The predicted molar refractivity (Wildman–Crippen MR) is 92.3 cm³/mol. The molecule has 1 aromatic rings. The van der Waals surface area contributed by atoms with Crippen LogP contribution in [0.5, 0.6) is 11.5 Å². The van der Waals surface area contributed by atoms with E-state index in [2.05, 4.69) is 12.1 Å². The van der Waals surface area contributed by atoms with E-state index < -0.39 is 11.3 Å². The van der Waals surface area contributed by atoms with Gasteiger partial charge in [0, 0.05) is 11.0 Å². The zero-order valence-corrected chi connectivity index (χ0v) is 15.0. The van der Waals surface area contributed by atoms with Gasteiger partial charge in [-0.25, -0.2) is 0 Å². The first-order valence-corrected chi connectivity index (χ1v) is 7.73. The van der Waals surface area contributed by atoms with Crippen LogP contribution in [-0.2, 0) is 4.74 Å². The third-order valence-corrected chi connectivity index (χ3v) is 3.97. The third kappa shape index (κ3) is 3.12. The smallest absolute Gasteiger partial charge is 0.205 e. The number of nitrogens with two attached hydrogens (primary N) is 1. The van der Waals surface area contributed by atoms with Crippen molar-refractivity contribution in [1.29, 1.82) is 10.5 Å². The Labute approximate surface area is 147 Å². The topological polar surface area (TPSA) is 101 Å². The van der Waals surface area contributed by atoms with Crippen molar-refractivity contribution in [3.8, 4) is 23.6 Å². The number of rotatable bonds is 3. The van der Waals surface area contributed by atoms with Gasteiger partial charge in [0.1, 0.15) is 17.4 Å². The fourth-order valence-corrected chi connectivity index (χ4v) is 2.88. The maximum absolute atomic E-state index is 9.81. The largest absolute Gasteiger partial charge is 0.493 e. The van der Waals surface area contributed by atoms with E-state index in [0.717, 1.165) is 0 Å². The summed E-state index contributed by atoms with van der Waals surface area (Å²) in [6.07, 6.45) is 0. The minimum absolute atomic E-state index is 0.00120. The van der Waals surface area contributed by atoms with Crippen LogP contribution in [0.25, 0.3) is 0 Å². The molecule has 0 amide bonds. The van der Waals surface area contributed by atoms with Crippen LogP contribution in [0, 0.1) is 28.1 Å². The van der Waals surface area contributed by atoms with Gasteiger partial charge in [-0.05, 0) is 6.07 Å². The average molecular weight is 339 g/mol. The number of hydrogen-bond acceptors (Lipinski definition) is 6. The molecule has 0 aromatic heterocycles. The van der Waals surface area contributed by atoms with Gasteiger partial charge < -0.3 is 19.9 Å². The highest BCUT2D eigenvalue weighted by Crippen LogP contribution is 2.48. The predicted octanol–water partition coefficient (Wildman–Crippen LogP) is 3.34. The number of nitrogens with zero attached hydrogens (tertiary/aromatic N) is 2. The number of methoxy groups -OCH3 is 2. The van der Waals surface area contributed by atoms with Gasteiger partial charge in [-0.1, -0.05) is 32.9 Å². The van der Waals surface area contributed by atoms with E-state index in [1.807, 2.05) is 20.8 Å². The molecule has 1 atom stereocenters. The molecule has 25 heavy (non-hydrogen) atoms. The van der Waals surface area contributed by atoms with Gasteiger partial charge in [0.15, 0.2) is 11.5 Å². The number of ether oxygens (including phenoxy) is 3. The van der Waals surface area contributed by atoms with Crippen LogP contribution in [-0.4, -0.2) is 14.2 Å². The summed E-state index contributed by atoms with van der Waals surface area (Å²) >= 11 is 0. The van der Waals surface area contributed by atoms with Crippen molar-refractivity contribution in [1.82, 2.24) is 0 Å². The lowest BCUT2D eigenvalue weighted by Crippen LogP contribution is -2.26. The zero-order valence-electron chi connectivity index (χ0n) is 15.0. The Balaban J connectivity index is 2.84. The summed E-state index contributed by atoms with van der Waals surface area (Å²) in [5.41, 5.74) is 6.69. The van der Waals surface area contributed by atoms with Gasteiger partial charge in [-0.2, -0.15) is 10.5 Å². The molecule has 1 aromatic carbocycles. The van der Waals surface area contributed by atoms with Crippen LogP contribution in [0.2, 0.25) is 0 Å². The van der Waals surface area contributed by atoms with Crippen LogP contribution in [0.4, 0.5) is 0 Å². The molecule has 6 heteroatoms. The zero-order chi connectivity index (χ0) is 18.8. The summed E-state index contributed by atoms with van der Waals surface area (Å²) < 4.78 is 16.5. The van der Waals surface area contributed by atoms with Crippen molar-refractivity contribution < 1.29 is 14.2 Å². The molecule has 2 N–H and O–H groups in total. The highest BCUT2D eigenvalue weighted by Gasteiger charge is 2.39. The van der Waals surface area contributed by atoms with Gasteiger partial charge in [0.2, 0.25) is 5.88 Å². The van der Waals surface area contributed by atoms with Gasteiger partial charge in [-0.15, -0.1) is 0 Å². The second-order valence-corrected chi connectivity index (χ2v) is 6.61. The molecule has 1 aliphatic heterocycles. The van der Waals surface area contributed by atoms with Crippen LogP contribution in [0.1, 0.15) is 32.3 Å². The van der Waals surface area contributed by atoms with E-state index in [9.17, 15) is 10.5 Å². The summed E-state index contributed by atoms with van der Waals surface area (Å²) in [7, 11) is 3.04. The SMILES string of the molecule is COc1cccc(C2C(C#N)=C(N)OC(C(C)(C)C)=C2C#N)c1OC. The lowest BCUT2D eigenvalue weighted by atomic mass is 9.78. The van der Waals surface area contributed by atoms with E-state index in [1.165, 1.54) is 14.2 Å². The number of nitriles is 2. The van der Waals surface area contributed by atoms with E-state index in [4.69, 9.17) is 19.9 Å². The summed E-state index contributed by atoms with van der Waals surface area (Å²) in [4.78, 5) is 0. The Hall–Kier alpha value is -3.12. The van der Waals surface area contributed by atoms with Gasteiger partial charge in [0.25, 0.3) is 0 Å². The molecule has 0 saturated heterocycles. The second kappa shape index (κ2) is 6.78. The molecule has 0 fully saturated rings. The number of allylic oxidation sites excluding steroid dienone is 3. The Bertz CT molecular complexity index is 833. The number of para-hydroxylation sites is 1. The first-order chi connectivity index (χ1) is 11.8. The van der Waals surface area contributed by atoms with Crippen molar-refractivity contribution in [2.45, 2.75) is 26.7 Å². The van der Waals surface area contributed by atoms with Crippen LogP contribution in [0.15, 0.2) is 41.0 Å². The highest BCUT2D eigenvalue weighted by atomic mass is 16.5. The molecule has 0 radical (unpaired) electrons. The van der Waals surface area contributed by atoms with Crippen molar-refractivity contribution in [2.24, 2.45) is 11.1 Å². The minimum atomic E-state index is -0.678.